The monoisotopic (exact) mass is 388 g/mol. The number of carbonyl (C=O) groups is 2. The number of rotatable bonds is 6. The molecule has 130 valence electrons. The van der Waals surface area contributed by atoms with Crippen LogP contribution in [0.5, 0.6) is 5.75 Å². The third kappa shape index (κ3) is 8.11. The first kappa shape index (κ1) is 21.6. The first-order valence-electron chi connectivity index (χ1n) is 7.23. The van der Waals surface area contributed by atoms with Crippen LogP contribution in [0.3, 0.4) is 0 Å². The number of carbonyl (C=O) groups excluding carboxylic acids is 2. The van der Waals surface area contributed by atoms with Gasteiger partial charge in [-0.15, -0.1) is 0 Å². The molecule has 0 aromatic heterocycles. The van der Waals surface area contributed by atoms with Crippen molar-refractivity contribution in [3.8, 4) is 5.75 Å². The van der Waals surface area contributed by atoms with Crippen molar-refractivity contribution in [1.82, 2.24) is 0 Å². The van der Waals surface area contributed by atoms with Gasteiger partial charge in [-0.05, 0) is 49.5 Å². The summed E-state index contributed by atoms with van der Waals surface area (Å²) >= 11 is 2.90. The van der Waals surface area contributed by atoms with Crippen LogP contribution >= 0.6 is 15.9 Å². The van der Waals surface area contributed by atoms with Crippen molar-refractivity contribution in [2.24, 2.45) is 11.5 Å². The number of alkyl halides is 1. The van der Waals surface area contributed by atoms with E-state index in [2.05, 4.69) is 20.7 Å². The molecule has 1 rings (SSSR count). The molecule has 0 bridgehead atoms. The average molecular weight is 389 g/mol. The summed E-state index contributed by atoms with van der Waals surface area (Å²) < 4.78 is 9.49. The first-order chi connectivity index (χ1) is 10.9. The van der Waals surface area contributed by atoms with Gasteiger partial charge in [0.15, 0.2) is 0 Å². The molecule has 0 unspecified atom stereocenters. The second-order valence-electron chi connectivity index (χ2n) is 4.72. The van der Waals surface area contributed by atoms with Crippen molar-refractivity contribution in [3.05, 3.63) is 28.8 Å². The van der Waals surface area contributed by atoms with Gasteiger partial charge in [0, 0.05) is 6.92 Å². The van der Waals surface area contributed by atoms with E-state index in [0.717, 1.165) is 23.1 Å². The Hall–Kier alpha value is -1.44. The van der Waals surface area contributed by atoms with Crippen LogP contribution < -0.4 is 16.2 Å². The minimum absolute atomic E-state index is 0.241. The number of hydrogen-bond donors (Lipinski definition) is 2. The number of benzene rings is 1. The van der Waals surface area contributed by atoms with Crippen LogP contribution in [0.15, 0.2) is 12.1 Å². The van der Waals surface area contributed by atoms with Gasteiger partial charge in [0.1, 0.15) is 11.1 Å². The molecule has 0 heterocycles. The fraction of sp³-hybridized carbons (Fsp3) is 0.500. The Kier molecular flexibility index (Phi) is 11.3. The van der Waals surface area contributed by atoms with Gasteiger partial charge in [-0.3, -0.25) is 9.59 Å². The quantitative estimate of drug-likeness (QED) is 0.434. The van der Waals surface area contributed by atoms with E-state index in [9.17, 15) is 9.59 Å². The lowest BCUT2D eigenvalue weighted by Crippen LogP contribution is -2.11. The summed E-state index contributed by atoms with van der Waals surface area (Å²) in [5.41, 5.74) is 14.2. The first-order valence-corrected chi connectivity index (χ1v) is 8.36. The Morgan fingerprint density at radius 3 is 2.04 bits per heavy atom. The van der Waals surface area contributed by atoms with Crippen LogP contribution in [0.4, 0.5) is 0 Å². The lowest BCUT2D eigenvalue weighted by molar-refractivity contribution is -0.137. The molecule has 0 aliphatic rings. The third-order valence-corrected chi connectivity index (χ3v) is 3.47. The predicted molar refractivity (Wildman–Crippen MR) is 93.8 cm³/mol. The lowest BCUT2D eigenvalue weighted by Gasteiger charge is -2.14. The molecule has 0 amide bonds. The smallest absolute Gasteiger partial charge is 0.316 e. The molecule has 23 heavy (non-hydrogen) atoms. The number of hydrogen-bond acceptors (Lipinski definition) is 6. The summed E-state index contributed by atoms with van der Waals surface area (Å²) in [5.74, 6) is 0.0974. The zero-order valence-electron chi connectivity index (χ0n) is 13.9. The molecular formula is C16H25BrN2O4. The normalized spacial score (nSPS) is 9.65. The predicted octanol–water partition coefficient (Wildman–Crippen LogP) is 1.48. The Labute approximate surface area is 145 Å². The van der Waals surface area contributed by atoms with E-state index in [1.54, 1.807) is 0 Å². The molecule has 0 spiro atoms. The molecule has 4 N–H and O–H groups in total. The van der Waals surface area contributed by atoms with Crippen molar-refractivity contribution in [2.45, 2.75) is 26.7 Å². The largest absolute Gasteiger partial charge is 0.468 e. The summed E-state index contributed by atoms with van der Waals surface area (Å²) in [6.45, 7) is 4.46. The highest BCUT2D eigenvalue weighted by molar-refractivity contribution is 9.09. The molecular weight excluding hydrogens is 364 g/mol. The third-order valence-electron chi connectivity index (χ3n) is 3.01. The average Bonchev–Trinajstić information content (AvgIpc) is 2.53. The van der Waals surface area contributed by atoms with Gasteiger partial charge in [0.05, 0.1) is 7.11 Å². The summed E-state index contributed by atoms with van der Waals surface area (Å²) in [4.78, 5) is 21.0. The van der Waals surface area contributed by atoms with Crippen molar-refractivity contribution in [1.29, 1.82) is 0 Å². The highest BCUT2D eigenvalue weighted by Gasteiger charge is 2.12. The van der Waals surface area contributed by atoms with Crippen molar-refractivity contribution in [2.75, 3.05) is 25.5 Å². The maximum absolute atomic E-state index is 11.1. The van der Waals surface area contributed by atoms with Gasteiger partial charge >= 0.3 is 11.9 Å². The number of methoxy groups -OCH3 is 1. The Balaban J connectivity index is 0.000000688. The molecule has 0 aliphatic carbocycles. The topological polar surface area (TPSA) is 105 Å². The van der Waals surface area contributed by atoms with Gasteiger partial charge in [0.25, 0.3) is 0 Å². The molecule has 0 aliphatic heterocycles. The zero-order chi connectivity index (χ0) is 17.8. The van der Waals surface area contributed by atoms with Crippen molar-refractivity contribution >= 4 is 27.9 Å². The Bertz CT molecular complexity index is 515. The van der Waals surface area contributed by atoms with Crippen molar-refractivity contribution in [3.63, 3.8) is 0 Å². The molecule has 0 atom stereocenters. The maximum Gasteiger partial charge on any atom is 0.316 e. The van der Waals surface area contributed by atoms with E-state index in [4.69, 9.17) is 16.2 Å². The van der Waals surface area contributed by atoms with Crippen LogP contribution in [-0.4, -0.2) is 37.5 Å². The van der Waals surface area contributed by atoms with Crippen LogP contribution in [0, 0.1) is 6.92 Å². The molecule has 6 nitrogen and oxygen atoms in total. The molecule has 0 radical (unpaired) electrons. The van der Waals surface area contributed by atoms with E-state index >= 15 is 0 Å². The minimum Gasteiger partial charge on any atom is -0.468 e. The van der Waals surface area contributed by atoms with E-state index < -0.39 is 0 Å². The van der Waals surface area contributed by atoms with E-state index in [1.807, 2.05) is 19.1 Å². The highest BCUT2D eigenvalue weighted by atomic mass is 79.9. The second kappa shape index (κ2) is 12.0. The SMILES string of the molecule is CC(=O)Oc1c(CCN)ccc(CCN)c1C.COC(=O)CBr. The molecule has 0 saturated carbocycles. The summed E-state index contributed by atoms with van der Waals surface area (Å²) in [6.07, 6.45) is 1.48. The summed E-state index contributed by atoms with van der Waals surface area (Å²) in [6, 6.07) is 3.99. The van der Waals surface area contributed by atoms with Gasteiger partial charge in [-0.2, -0.15) is 0 Å². The number of halogens is 1. The van der Waals surface area contributed by atoms with E-state index in [-0.39, 0.29) is 17.3 Å². The second-order valence-corrected chi connectivity index (χ2v) is 5.28. The number of nitrogens with two attached hydrogens (primary N) is 2. The standard InChI is InChI=1S/C13H20N2O2.C3H5BrO2/c1-9-11(5-7-14)3-4-12(6-8-15)13(9)17-10(2)16;1-6-3(5)2-4/h3-4H,5-8,14-15H2,1-2H3;2H2,1H3. The molecule has 0 fully saturated rings. The van der Waals surface area contributed by atoms with Gasteiger partial charge in [-0.1, -0.05) is 28.1 Å². The molecule has 1 aromatic carbocycles. The highest BCUT2D eigenvalue weighted by Crippen LogP contribution is 2.27. The fourth-order valence-electron chi connectivity index (χ4n) is 1.91. The fourth-order valence-corrected chi connectivity index (χ4v) is 2.14. The summed E-state index contributed by atoms with van der Waals surface area (Å²) in [5, 5.41) is 0.281. The van der Waals surface area contributed by atoms with Crippen LogP contribution in [-0.2, 0) is 27.2 Å². The van der Waals surface area contributed by atoms with E-state index in [1.165, 1.54) is 14.0 Å². The minimum atomic E-state index is -0.309. The van der Waals surface area contributed by atoms with Gasteiger partial charge < -0.3 is 20.9 Å². The van der Waals surface area contributed by atoms with Crippen molar-refractivity contribution < 1.29 is 19.1 Å². The number of esters is 2. The van der Waals surface area contributed by atoms with E-state index in [0.29, 0.717) is 25.3 Å². The van der Waals surface area contributed by atoms with Gasteiger partial charge in [0.2, 0.25) is 0 Å². The van der Waals surface area contributed by atoms with Crippen LogP contribution in [0.25, 0.3) is 0 Å². The Morgan fingerprint density at radius 1 is 1.13 bits per heavy atom. The Morgan fingerprint density at radius 2 is 1.65 bits per heavy atom. The molecule has 7 heteroatoms. The molecule has 1 aromatic rings. The maximum atomic E-state index is 11.1. The van der Waals surface area contributed by atoms with Crippen LogP contribution in [0.1, 0.15) is 23.6 Å². The zero-order valence-corrected chi connectivity index (χ0v) is 15.4. The molecule has 0 saturated heterocycles. The summed E-state index contributed by atoms with van der Waals surface area (Å²) in [7, 11) is 1.35. The lowest BCUT2D eigenvalue weighted by atomic mass is 9.99. The number of ether oxygens (including phenoxy) is 2. The van der Waals surface area contributed by atoms with Gasteiger partial charge in [-0.25, -0.2) is 0 Å². The van der Waals surface area contributed by atoms with Crippen LogP contribution in [0.2, 0.25) is 0 Å².